The van der Waals surface area contributed by atoms with E-state index in [2.05, 4.69) is 15.6 Å². The van der Waals surface area contributed by atoms with Crippen LogP contribution in [-0.2, 0) is 9.59 Å². The average molecular weight is 493 g/mol. The summed E-state index contributed by atoms with van der Waals surface area (Å²) in [6, 6.07) is -0.00342. The first-order chi connectivity index (χ1) is 11.7. The fourth-order valence-electron chi connectivity index (χ4n) is 2.47. The molecule has 26 heavy (non-hydrogen) atoms. The molecule has 1 aliphatic rings. The minimum absolute atomic E-state index is 0. The number of guanidine groups is 1. The largest absolute Gasteiger partial charge is 0.406 e. The number of carbonyl (C=O) groups excluding carboxylic acids is 2. The van der Waals surface area contributed by atoms with Crippen molar-refractivity contribution in [3.63, 3.8) is 0 Å². The van der Waals surface area contributed by atoms with Crippen LogP contribution in [0.3, 0.4) is 0 Å². The average Bonchev–Trinajstić information content (AvgIpc) is 2.98. The van der Waals surface area contributed by atoms with Gasteiger partial charge in [0.2, 0.25) is 11.8 Å². The lowest BCUT2D eigenvalue weighted by Gasteiger charge is -2.20. The number of likely N-dealkylation sites (N-methyl/N-ethyl adjacent to an activating group) is 1. The lowest BCUT2D eigenvalue weighted by Crippen LogP contribution is -2.45. The van der Waals surface area contributed by atoms with Crippen LogP contribution in [-0.4, -0.2) is 79.6 Å². The quantitative estimate of drug-likeness (QED) is 0.331. The second kappa shape index (κ2) is 11.4. The monoisotopic (exact) mass is 493 g/mol. The molecule has 1 fully saturated rings. The van der Waals surface area contributed by atoms with E-state index in [1.807, 2.05) is 6.92 Å². The van der Waals surface area contributed by atoms with Crippen molar-refractivity contribution < 1.29 is 22.8 Å². The van der Waals surface area contributed by atoms with Gasteiger partial charge >= 0.3 is 6.18 Å². The van der Waals surface area contributed by atoms with Crippen LogP contribution in [0.4, 0.5) is 13.2 Å². The zero-order valence-corrected chi connectivity index (χ0v) is 17.6. The number of hydrogen-bond acceptors (Lipinski definition) is 3. The fourth-order valence-corrected chi connectivity index (χ4v) is 2.47. The topological polar surface area (TPSA) is 77.0 Å². The van der Waals surface area contributed by atoms with E-state index >= 15 is 0 Å². The molecule has 0 aromatic heterocycles. The summed E-state index contributed by atoms with van der Waals surface area (Å²) in [7, 11) is 1.09. The van der Waals surface area contributed by atoms with E-state index in [9.17, 15) is 22.8 Å². The molecule has 0 aromatic carbocycles. The SMILES string of the molecule is CCNC(=NCC(=O)N(C)CC(F)(F)F)NC1CCN(C(=O)CC)C1.I. The number of halogens is 4. The molecule has 1 atom stereocenters. The number of nitrogens with zero attached hydrogens (tertiary/aromatic N) is 3. The van der Waals surface area contributed by atoms with E-state index in [1.54, 1.807) is 11.8 Å². The molecule has 0 radical (unpaired) electrons. The Morgan fingerprint density at radius 2 is 1.96 bits per heavy atom. The third-order valence-electron chi connectivity index (χ3n) is 3.74. The van der Waals surface area contributed by atoms with Crippen LogP contribution in [0.25, 0.3) is 0 Å². The van der Waals surface area contributed by atoms with Gasteiger partial charge in [-0.25, -0.2) is 4.99 Å². The van der Waals surface area contributed by atoms with Crippen LogP contribution < -0.4 is 10.6 Å². The van der Waals surface area contributed by atoms with Gasteiger partial charge < -0.3 is 20.4 Å². The molecule has 11 heteroatoms. The van der Waals surface area contributed by atoms with E-state index in [-0.39, 0.29) is 42.5 Å². The van der Waals surface area contributed by atoms with Gasteiger partial charge in [-0.1, -0.05) is 6.92 Å². The van der Waals surface area contributed by atoms with Gasteiger partial charge in [0.1, 0.15) is 13.1 Å². The van der Waals surface area contributed by atoms with Gasteiger partial charge in [0.15, 0.2) is 5.96 Å². The summed E-state index contributed by atoms with van der Waals surface area (Å²) in [5.74, 6) is -0.286. The van der Waals surface area contributed by atoms with Crippen molar-refractivity contribution in [2.75, 3.05) is 39.8 Å². The Hall–Kier alpha value is -1.27. The Morgan fingerprint density at radius 3 is 2.50 bits per heavy atom. The minimum Gasteiger partial charge on any atom is -0.357 e. The van der Waals surface area contributed by atoms with Crippen molar-refractivity contribution in [3.8, 4) is 0 Å². The van der Waals surface area contributed by atoms with Gasteiger partial charge in [0, 0.05) is 39.1 Å². The molecule has 152 valence electrons. The van der Waals surface area contributed by atoms with Crippen LogP contribution >= 0.6 is 24.0 Å². The maximum absolute atomic E-state index is 12.3. The van der Waals surface area contributed by atoms with Gasteiger partial charge in [0.25, 0.3) is 0 Å². The number of rotatable bonds is 6. The normalized spacial score (nSPS) is 17.5. The zero-order chi connectivity index (χ0) is 19.0. The summed E-state index contributed by atoms with van der Waals surface area (Å²) in [5, 5.41) is 6.07. The highest BCUT2D eigenvalue weighted by Gasteiger charge is 2.31. The number of amides is 2. The van der Waals surface area contributed by atoms with Gasteiger partial charge in [-0.05, 0) is 13.3 Å². The maximum atomic E-state index is 12.3. The van der Waals surface area contributed by atoms with Crippen LogP contribution in [0, 0.1) is 0 Å². The van der Waals surface area contributed by atoms with Crippen LogP contribution in [0.1, 0.15) is 26.7 Å². The van der Waals surface area contributed by atoms with E-state index in [0.717, 1.165) is 13.5 Å². The van der Waals surface area contributed by atoms with Gasteiger partial charge in [-0.15, -0.1) is 24.0 Å². The Bertz CT molecular complexity index is 502. The standard InChI is InChI=1S/C15H26F3N5O2.HI/c1-4-12(24)23-7-6-11(9-23)21-14(19-5-2)20-8-13(25)22(3)10-15(16,17)18;/h11H,4-10H2,1-3H3,(H2,19,20,21);1H. The number of likely N-dealkylation sites (tertiary alicyclic amines) is 1. The molecule has 0 saturated carbocycles. The first kappa shape index (κ1) is 24.7. The van der Waals surface area contributed by atoms with Gasteiger partial charge in [-0.3, -0.25) is 9.59 Å². The van der Waals surface area contributed by atoms with Crippen molar-refractivity contribution in [2.24, 2.45) is 4.99 Å². The summed E-state index contributed by atoms with van der Waals surface area (Å²) < 4.78 is 36.9. The van der Waals surface area contributed by atoms with E-state index < -0.39 is 18.6 Å². The molecule has 0 bridgehead atoms. The lowest BCUT2D eigenvalue weighted by atomic mass is 10.3. The van der Waals surface area contributed by atoms with E-state index in [1.165, 1.54) is 0 Å². The summed E-state index contributed by atoms with van der Waals surface area (Å²) in [5.41, 5.74) is 0. The number of carbonyl (C=O) groups is 2. The van der Waals surface area contributed by atoms with Crippen LogP contribution in [0.15, 0.2) is 4.99 Å². The Balaban J connectivity index is 0.00000625. The second-order valence-electron chi connectivity index (χ2n) is 5.88. The second-order valence-corrected chi connectivity index (χ2v) is 5.88. The summed E-state index contributed by atoms with van der Waals surface area (Å²) in [4.78, 5) is 29.8. The molecule has 0 aromatic rings. The zero-order valence-electron chi connectivity index (χ0n) is 15.2. The molecule has 0 spiro atoms. The molecule has 2 amide bonds. The number of hydrogen-bond donors (Lipinski definition) is 2. The predicted molar refractivity (Wildman–Crippen MR) is 103 cm³/mol. The highest BCUT2D eigenvalue weighted by Crippen LogP contribution is 2.15. The molecule has 1 saturated heterocycles. The molecule has 2 N–H and O–H groups in total. The predicted octanol–water partition coefficient (Wildman–Crippen LogP) is 1.19. The third-order valence-corrected chi connectivity index (χ3v) is 3.74. The maximum Gasteiger partial charge on any atom is 0.406 e. The van der Waals surface area contributed by atoms with Crippen LogP contribution in [0.2, 0.25) is 0 Å². The number of aliphatic imine (C=N–C) groups is 1. The smallest absolute Gasteiger partial charge is 0.357 e. The van der Waals surface area contributed by atoms with Crippen molar-refractivity contribution in [2.45, 2.75) is 38.9 Å². The minimum atomic E-state index is -4.43. The Kier molecular flexibility index (Phi) is 10.9. The van der Waals surface area contributed by atoms with Gasteiger partial charge in [-0.2, -0.15) is 13.2 Å². The Labute approximate surface area is 168 Å². The van der Waals surface area contributed by atoms with Gasteiger partial charge in [0.05, 0.1) is 0 Å². The molecular weight excluding hydrogens is 466 g/mol. The van der Waals surface area contributed by atoms with Crippen molar-refractivity contribution in [1.29, 1.82) is 0 Å². The van der Waals surface area contributed by atoms with E-state index in [0.29, 0.717) is 36.9 Å². The molecule has 7 nitrogen and oxygen atoms in total. The summed E-state index contributed by atoms with van der Waals surface area (Å²) in [6.07, 6.45) is -3.24. The summed E-state index contributed by atoms with van der Waals surface area (Å²) in [6.45, 7) is 3.70. The van der Waals surface area contributed by atoms with E-state index in [4.69, 9.17) is 0 Å². The molecule has 1 heterocycles. The first-order valence-corrected chi connectivity index (χ1v) is 8.29. The number of nitrogens with one attached hydrogen (secondary N) is 2. The first-order valence-electron chi connectivity index (χ1n) is 8.29. The fraction of sp³-hybridized carbons (Fsp3) is 0.800. The highest BCUT2D eigenvalue weighted by molar-refractivity contribution is 14.0. The molecular formula is C15H27F3IN5O2. The van der Waals surface area contributed by atoms with Crippen LogP contribution in [0.5, 0.6) is 0 Å². The number of alkyl halides is 3. The lowest BCUT2D eigenvalue weighted by molar-refractivity contribution is -0.157. The third kappa shape index (κ3) is 8.90. The molecule has 1 rings (SSSR count). The Morgan fingerprint density at radius 1 is 1.31 bits per heavy atom. The van der Waals surface area contributed by atoms with Crippen molar-refractivity contribution in [3.05, 3.63) is 0 Å². The summed E-state index contributed by atoms with van der Waals surface area (Å²) >= 11 is 0. The molecule has 1 unspecified atom stereocenters. The highest BCUT2D eigenvalue weighted by atomic mass is 127. The van der Waals surface area contributed by atoms with Crippen molar-refractivity contribution >= 4 is 41.8 Å². The molecule has 0 aliphatic carbocycles. The van der Waals surface area contributed by atoms with Crippen molar-refractivity contribution in [1.82, 2.24) is 20.4 Å². The molecule has 1 aliphatic heterocycles.